The van der Waals surface area contributed by atoms with E-state index in [1.807, 2.05) is 6.07 Å². The molecule has 13 heteroatoms. The number of benzene rings is 2. The van der Waals surface area contributed by atoms with Crippen LogP contribution in [0.25, 0.3) is 0 Å². The number of amides is 3. The Bertz CT molecular complexity index is 1730. The average Bonchev–Trinajstić information content (AvgIpc) is 3.38. The summed E-state index contributed by atoms with van der Waals surface area (Å²) in [5, 5.41) is 3.07. The summed E-state index contributed by atoms with van der Waals surface area (Å²) >= 11 is 17.5. The molecule has 0 spiro atoms. The van der Waals surface area contributed by atoms with Gasteiger partial charge in [0.1, 0.15) is 11.8 Å². The number of anilines is 2. The normalized spacial score (nSPS) is 19.9. The lowest BCUT2D eigenvalue weighted by Crippen LogP contribution is -2.33. The number of aromatic nitrogens is 2. The van der Waals surface area contributed by atoms with Crippen LogP contribution >= 0.6 is 62.2 Å². The average molecular weight is 676 g/mol. The maximum absolute atomic E-state index is 13.8. The number of carbonyl (C=O) groups is 3. The number of rotatable bonds is 5. The highest BCUT2D eigenvalue weighted by Crippen LogP contribution is 2.53. The monoisotopic (exact) mass is 674 g/mol. The van der Waals surface area contributed by atoms with Gasteiger partial charge in [-0.2, -0.15) is 0 Å². The Morgan fingerprint density at radius 2 is 1.80 bits per heavy atom. The fourth-order valence-electron chi connectivity index (χ4n) is 4.94. The number of nitrogens with zero attached hydrogens (tertiary/aromatic N) is 3. The number of pyridine rings is 1. The van der Waals surface area contributed by atoms with E-state index in [0.717, 1.165) is 27.6 Å². The molecule has 3 atom stereocenters. The third kappa shape index (κ3) is 4.79. The number of thiazole rings is 1. The first-order chi connectivity index (χ1) is 19.2. The molecule has 2 unspecified atom stereocenters. The van der Waals surface area contributed by atoms with E-state index in [0.29, 0.717) is 31.9 Å². The molecule has 1 N–H and O–H groups in total. The second-order valence-corrected chi connectivity index (χ2v) is 13.0. The molecule has 0 radical (unpaired) electrons. The number of hydrogen-bond donors (Lipinski definition) is 1. The van der Waals surface area contributed by atoms with Crippen LogP contribution in [-0.4, -0.2) is 32.5 Å². The zero-order chi connectivity index (χ0) is 28.1. The van der Waals surface area contributed by atoms with Gasteiger partial charge in [-0.15, -0.1) is 0 Å². The minimum atomic E-state index is -0.785. The van der Waals surface area contributed by atoms with Gasteiger partial charge >= 0.3 is 4.87 Å². The van der Waals surface area contributed by atoms with Gasteiger partial charge in [0.2, 0.25) is 17.7 Å². The highest BCUT2D eigenvalue weighted by Gasteiger charge is 2.56. The molecule has 8 nitrogen and oxygen atoms in total. The van der Waals surface area contributed by atoms with E-state index in [9.17, 15) is 19.2 Å². The van der Waals surface area contributed by atoms with Crippen molar-refractivity contribution in [1.29, 1.82) is 0 Å². The van der Waals surface area contributed by atoms with Crippen LogP contribution in [0.5, 0.6) is 0 Å². The van der Waals surface area contributed by atoms with Crippen LogP contribution in [0.4, 0.5) is 11.4 Å². The number of thioether (sulfide) groups is 1. The van der Waals surface area contributed by atoms with Crippen molar-refractivity contribution in [2.45, 2.75) is 22.7 Å². The van der Waals surface area contributed by atoms with Gasteiger partial charge < -0.3 is 5.32 Å². The molecule has 6 rings (SSSR count). The molecule has 1 saturated heterocycles. The molecule has 4 aromatic rings. The largest absolute Gasteiger partial charge is 0.324 e. The van der Waals surface area contributed by atoms with Crippen molar-refractivity contribution in [2.24, 2.45) is 5.92 Å². The lowest BCUT2D eigenvalue weighted by Gasteiger charge is -2.30. The van der Waals surface area contributed by atoms with Crippen LogP contribution in [0, 0.1) is 5.92 Å². The van der Waals surface area contributed by atoms with Gasteiger partial charge in [0.05, 0.1) is 26.7 Å². The summed E-state index contributed by atoms with van der Waals surface area (Å²) in [7, 11) is 0. The van der Waals surface area contributed by atoms with Gasteiger partial charge in [0.25, 0.3) is 0 Å². The quantitative estimate of drug-likeness (QED) is 0.268. The molecular formula is C27H17BrCl2N4O4S2. The molecule has 2 aromatic carbocycles. The lowest BCUT2D eigenvalue weighted by atomic mass is 9.84. The Morgan fingerprint density at radius 1 is 1.02 bits per heavy atom. The summed E-state index contributed by atoms with van der Waals surface area (Å²) < 4.78 is 2.18. The zero-order valence-corrected chi connectivity index (χ0v) is 24.9. The Labute approximate surface area is 254 Å². The summed E-state index contributed by atoms with van der Waals surface area (Å²) in [6, 6.07) is 15.2. The standard InChI is InChI=1S/C27H17BrCl2N4O4S2/c28-14-3-6-16(7-4-14)34-24(36)21-20(13-2-1-9-31-11-13)23-26(39-22(21)25(34)37)33(27(38)40-23)12-19(35)32-15-5-8-17(29)18(30)10-15/h1-11,20-22H,12H2,(H,32,35)/t20-,21?,22?/m1/s1. The van der Waals surface area contributed by atoms with E-state index < -0.39 is 23.0 Å². The maximum atomic E-state index is 13.8. The van der Waals surface area contributed by atoms with Gasteiger partial charge in [0.15, 0.2) is 0 Å². The summed E-state index contributed by atoms with van der Waals surface area (Å²) in [5.74, 6) is -2.48. The second-order valence-electron chi connectivity index (χ2n) is 9.12. The smallest absolute Gasteiger partial charge is 0.308 e. The van der Waals surface area contributed by atoms with Crippen molar-refractivity contribution in [3.05, 3.63) is 102 Å². The van der Waals surface area contributed by atoms with Gasteiger partial charge in [0, 0.05) is 33.3 Å². The summed E-state index contributed by atoms with van der Waals surface area (Å²) in [6.07, 6.45) is 3.27. The maximum Gasteiger partial charge on any atom is 0.308 e. The number of hydrogen-bond acceptors (Lipinski definition) is 7. The van der Waals surface area contributed by atoms with E-state index >= 15 is 0 Å². The highest BCUT2D eigenvalue weighted by molar-refractivity contribution is 9.10. The van der Waals surface area contributed by atoms with Gasteiger partial charge in [-0.3, -0.25) is 28.7 Å². The Kier molecular flexibility index (Phi) is 7.34. The summed E-state index contributed by atoms with van der Waals surface area (Å²) in [6.45, 7) is -0.284. The molecule has 3 amide bonds. The first-order valence-corrected chi connectivity index (χ1v) is 15.2. The van der Waals surface area contributed by atoms with E-state index in [2.05, 4.69) is 26.2 Å². The second kappa shape index (κ2) is 10.8. The molecule has 1 fully saturated rings. The Morgan fingerprint density at radius 3 is 2.50 bits per heavy atom. The topological polar surface area (TPSA) is 101 Å². The molecule has 2 aliphatic rings. The third-order valence-corrected chi connectivity index (χ3v) is 10.6. The molecule has 0 bridgehead atoms. The predicted molar refractivity (Wildman–Crippen MR) is 160 cm³/mol. The summed E-state index contributed by atoms with van der Waals surface area (Å²) in [4.78, 5) is 59.5. The van der Waals surface area contributed by atoms with Crippen LogP contribution in [0.3, 0.4) is 0 Å². The molecule has 40 heavy (non-hydrogen) atoms. The van der Waals surface area contributed by atoms with E-state index in [-0.39, 0.29) is 28.3 Å². The molecule has 202 valence electrons. The Hall–Kier alpha value is -2.96. The predicted octanol–water partition coefficient (Wildman–Crippen LogP) is 5.81. The Balaban J connectivity index is 1.39. The van der Waals surface area contributed by atoms with Crippen LogP contribution in [0.15, 0.2) is 81.3 Å². The third-order valence-electron chi connectivity index (χ3n) is 6.68. The van der Waals surface area contributed by atoms with Gasteiger partial charge in [-0.05, 0) is 54.1 Å². The van der Waals surface area contributed by atoms with Gasteiger partial charge in [-0.1, -0.05) is 68.3 Å². The minimum Gasteiger partial charge on any atom is -0.324 e. The van der Waals surface area contributed by atoms with Crippen LogP contribution in [0.1, 0.15) is 16.4 Å². The van der Waals surface area contributed by atoms with E-state index in [1.54, 1.807) is 54.9 Å². The first kappa shape index (κ1) is 27.2. The van der Waals surface area contributed by atoms with Crippen LogP contribution in [-0.2, 0) is 20.9 Å². The van der Waals surface area contributed by atoms with E-state index in [4.69, 9.17) is 23.2 Å². The zero-order valence-electron chi connectivity index (χ0n) is 20.2. The van der Waals surface area contributed by atoms with Crippen LogP contribution in [0.2, 0.25) is 10.0 Å². The first-order valence-electron chi connectivity index (χ1n) is 11.9. The van der Waals surface area contributed by atoms with Crippen molar-refractivity contribution < 1.29 is 14.4 Å². The van der Waals surface area contributed by atoms with Crippen molar-refractivity contribution in [1.82, 2.24) is 9.55 Å². The van der Waals surface area contributed by atoms with Crippen molar-refractivity contribution in [2.75, 3.05) is 10.2 Å². The van der Waals surface area contributed by atoms with E-state index in [1.165, 1.54) is 15.5 Å². The molecule has 0 saturated carbocycles. The fourth-order valence-corrected chi connectivity index (χ4v) is 8.27. The minimum absolute atomic E-state index is 0.283. The molecule has 4 heterocycles. The highest BCUT2D eigenvalue weighted by atomic mass is 79.9. The molecule has 0 aliphatic carbocycles. The number of fused-ring (bicyclic) bond motifs is 2. The van der Waals surface area contributed by atoms with Crippen molar-refractivity contribution in [3.8, 4) is 0 Å². The molecule has 2 aromatic heterocycles. The molecular weight excluding hydrogens is 659 g/mol. The lowest BCUT2D eigenvalue weighted by molar-refractivity contribution is -0.122. The number of imide groups is 1. The fraction of sp³-hybridized carbons (Fsp3) is 0.148. The molecule has 2 aliphatic heterocycles. The SMILES string of the molecule is O=C(Cn1c2c(sc1=O)[C@H](c1cccnc1)C1C(=O)N(c3ccc(Br)cc3)C(=O)C1S2)Nc1ccc(Cl)c(Cl)c1. The number of halogens is 3. The van der Waals surface area contributed by atoms with Crippen molar-refractivity contribution >= 4 is 91.3 Å². The van der Waals surface area contributed by atoms with Crippen LogP contribution < -0.4 is 15.1 Å². The van der Waals surface area contributed by atoms with Crippen molar-refractivity contribution in [3.63, 3.8) is 0 Å². The van der Waals surface area contributed by atoms with Gasteiger partial charge in [-0.25, -0.2) is 4.90 Å². The number of carbonyl (C=O) groups excluding carboxylic acids is 3. The number of nitrogens with one attached hydrogen (secondary N) is 1. The summed E-state index contributed by atoms with van der Waals surface area (Å²) in [5.41, 5.74) is 1.62.